The average Bonchev–Trinajstić information content (AvgIpc) is 3.37. The summed E-state index contributed by atoms with van der Waals surface area (Å²) >= 11 is 0. The van der Waals surface area contributed by atoms with Gasteiger partial charge in [0.1, 0.15) is 0 Å². The third-order valence-corrected chi connectivity index (χ3v) is 7.55. The highest BCUT2D eigenvalue weighted by molar-refractivity contribution is 5.89. The molecule has 0 aromatic heterocycles. The van der Waals surface area contributed by atoms with Crippen LogP contribution in [-0.2, 0) is 16.6 Å². The molecule has 27 heavy (non-hydrogen) atoms. The Hall–Kier alpha value is -1.59. The van der Waals surface area contributed by atoms with Crippen LogP contribution < -0.4 is 4.74 Å². The predicted octanol–water partition coefficient (Wildman–Crippen LogP) is 2.55. The maximum absolute atomic E-state index is 12.9. The van der Waals surface area contributed by atoms with Crippen molar-refractivity contribution in [2.75, 3.05) is 13.6 Å². The van der Waals surface area contributed by atoms with Crippen molar-refractivity contribution in [3.63, 3.8) is 0 Å². The monoisotopic (exact) mass is 371 g/mol. The lowest BCUT2D eigenvalue weighted by molar-refractivity contribution is -0.170. The zero-order chi connectivity index (χ0) is 19.0. The molecule has 1 heterocycles. The highest BCUT2D eigenvalue weighted by atomic mass is 16.5. The number of aliphatic hydroxyl groups is 1. The van der Waals surface area contributed by atoms with Crippen LogP contribution in [0, 0.1) is 5.92 Å². The molecular weight excluding hydrogens is 342 g/mol. The molecule has 2 N–H and O–H groups in total. The van der Waals surface area contributed by atoms with Crippen LogP contribution in [0.25, 0.3) is 0 Å². The normalized spacial score (nSPS) is 36.7. The second-order valence-corrected chi connectivity index (χ2v) is 9.16. The van der Waals surface area contributed by atoms with Crippen molar-refractivity contribution in [2.45, 2.75) is 75.0 Å². The Morgan fingerprint density at radius 1 is 1.33 bits per heavy atom. The standard InChI is InChI=1S/C22H29NO4/c1-3-9-21-18-14-6-7-15(24)19(18)27-20(21)16(25)8-10-22(21,26)17(11-14)23(2)12-13-4-5-13/h6-7,13,17,20,24,26H,3-5,8-12H2,1-2H3/t17?,20-,21?,22+/m0/s1. The van der Waals surface area contributed by atoms with Gasteiger partial charge >= 0.3 is 0 Å². The number of carbonyl (C=O) groups excluding carboxylic acids is 1. The van der Waals surface area contributed by atoms with Crippen LogP contribution in [-0.4, -0.2) is 52.2 Å². The van der Waals surface area contributed by atoms with E-state index < -0.39 is 17.1 Å². The lowest BCUT2D eigenvalue weighted by atomic mass is 9.50. The zero-order valence-corrected chi connectivity index (χ0v) is 16.2. The Morgan fingerprint density at radius 2 is 2.11 bits per heavy atom. The smallest absolute Gasteiger partial charge is 0.174 e. The highest BCUT2D eigenvalue weighted by Crippen LogP contribution is 2.63. The van der Waals surface area contributed by atoms with Gasteiger partial charge in [-0.1, -0.05) is 19.4 Å². The van der Waals surface area contributed by atoms with Crippen LogP contribution in [0.5, 0.6) is 11.5 Å². The molecule has 5 rings (SSSR count). The number of aromatic hydroxyl groups is 1. The number of benzene rings is 1. The van der Waals surface area contributed by atoms with Gasteiger partial charge in [0, 0.05) is 24.6 Å². The molecule has 5 heteroatoms. The maximum atomic E-state index is 12.9. The van der Waals surface area contributed by atoms with E-state index in [-0.39, 0.29) is 17.6 Å². The van der Waals surface area contributed by atoms with Crippen molar-refractivity contribution in [1.82, 2.24) is 4.90 Å². The molecule has 5 nitrogen and oxygen atoms in total. The third kappa shape index (κ3) is 2.16. The summed E-state index contributed by atoms with van der Waals surface area (Å²) in [5.74, 6) is 1.31. The topological polar surface area (TPSA) is 70.0 Å². The molecule has 0 bridgehead atoms. The van der Waals surface area contributed by atoms with Crippen LogP contribution in [0.15, 0.2) is 12.1 Å². The van der Waals surface area contributed by atoms with E-state index in [1.54, 1.807) is 6.07 Å². The van der Waals surface area contributed by atoms with Gasteiger partial charge in [-0.15, -0.1) is 0 Å². The molecule has 0 amide bonds. The molecule has 2 saturated carbocycles. The molecule has 4 atom stereocenters. The van der Waals surface area contributed by atoms with E-state index in [0.29, 0.717) is 25.0 Å². The van der Waals surface area contributed by atoms with Crippen molar-refractivity contribution >= 4 is 5.78 Å². The number of phenols is 1. The van der Waals surface area contributed by atoms with Crippen molar-refractivity contribution in [2.24, 2.45) is 5.92 Å². The van der Waals surface area contributed by atoms with E-state index in [0.717, 1.165) is 36.4 Å². The first kappa shape index (κ1) is 17.5. The fourth-order valence-corrected chi connectivity index (χ4v) is 6.26. The van der Waals surface area contributed by atoms with Crippen LogP contribution in [0.3, 0.4) is 0 Å². The number of ketones is 1. The number of hydrogen-bond acceptors (Lipinski definition) is 5. The van der Waals surface area contributed by atoms with Gasteiger partial charge in [-0.05, 0) is 56.7 Å². The van der Waals surface area contributed by atoms with E-state index >= 15 is 0 Å². The van der Waals surface area contributed by atoms with Gasteiger partial charge in [-0.25, -0.2) is 0 Å². The fraction of sp³-hybridized carbons (Fsp3) is 0.682. The van der Waals surface area contributed by atoms with Crippen molar-refractivity contribution < 1.29 is 19.7 Å². The first-order chi connectivity index (χ1) is 12.9. The molecule has 1 aromatic carbocycles. The summed E-state index contributed by atoms with van der Waals surface area (Å²) in [6, 6.07) is 3.61. The van der Waals surface area contributed by atoms with Gasteiger partial charge in [0.15, 0.2) is 23.4 Å². The van der Waals surface area contributed by atoms with Crippen molar-refractivity contribution in [3.05, 3.63) is 23.3 Å². The van der Waals surface area contributed by atoms with E-state index in [4.69, 9.17) is 4.74 Å². The van der Waals surface area contributed by atoms with E-state index in [2.05, 4.69) is 18.9 Å². The second kappa shape index (κ2) is 5.71. The Labute approximate surface area is 160 Å². The molecule has 4 aliphatic rings. The first-order valence-corrected chi connectivity index (χ1v) is 10.4. The molecular formula is C22H29NO4. The quantitative estimate of drug-likeness (QED) is 0.832. The first-order valence-electron chi connectivity index (χ1n) is 10.4. The number of ether oxygens (including phenoxy) is 1. The highest BCUT2D eigenvalue weighted by Gasteiger charge is 2.70. The van der Waals surface area contributed by atoms with Gasteiger partial charge in [0.2, 0.25) is 0 Å². The number of carbonyl (C=O) groups is 1. The van der Waals surface area contributed by atoms with Crippen LogP contribution in [0.1, 0.15) is 56.6 Å². The minimum absolute atomic E-state index is 0.0353. The lowest BCUT2D eigenvalue weighted by Crippen LogP contribution is -2.72. The molecule has 0 radical (unpaired) electrons. The predicted molar refractivity (Wildman–Crippen MR) is 101 cm³/mol. The van der Waals surface area contributed by atoms with Crippen LogP contribution in [0.4, 0.5) is 0 Å². The summed E-state index contributed by atoms with van der Waals surface area (Å²) in [6.07, 6.45) is 4.95. The number of Topliss-reactive ketones (excluding diaryl/α,β-unsaturated/α-hetero) is 1. The van der Waals surface area contributed by atoms with Crippen LogP contribution >= 0.6 is 0 Å². The van der Waals surface area contributed by atoms with Crippen molar-refractivity contribution in [1.29, 1.82) is 0 Å². The maximum Gasteiger partial charge on any atom is 0.174 e. The second-order valence-electron chi connectivity index (χ2n) is 9.16. The molecule has 1 aromatic rings. The minimum atomic E-state index is -1.02. The van der Waals surface area contributed by atoms with Gasteiger partial charge in [-0.2, -0.15) is 0 Å². The molecule has 2 fully saturated rings. The summed E-state index contributed by atoms with van der Waals surface area (Å²) in [7, 11) is 2.12. The van der Waals surface area contributed by atoms with E-state index in [1.165, 1.54) is 12.8 Å². The molecule has 0 spiro atoms. The molecule has 2 unspecified atom stereocenters. The molecule has 3 aliphatic carbocycles. The van der Waals surface area contributed by atoms with Gasteiger partial charge in [0.25, 0.3) is 0 Å². The minimum Gasteiger partial charge on any atom is -0.504 e. The Morgan fingerprint density at radius 3 is 2.81 bits per heavy atom. The fourth-order valence-electron chi connectivity index (χ4n) is 6.26. The molecule has 146 valence electrons. The molecule has 1 aliphatic heterocycles. The Bertz CT molecular complexity index is 804. The Balaban J connectivity index is 1.71. The SMILES string of the molecule is CCCC12c3c4ccc(O)c3O[C@H]1C(=O)CC[C@@]2(O)C(N(C)CC1CC1)C4. The summed E-state index contributed by atoms with van der Waals surface area (Å²) in [6.45, 7) is 3.09. The van der Waals surface area contributed by atoms with E-state index in [9.17, 15) is 15.0 Å². The number of phenolic OH excluding ortho intramolecular Hbond substituents is 1. The Kier molecular flexibility index (Phi) is 3.70. The van der Waals surface area contributed by atoms with Crippen molar-refractivity contribution in [3.8, 4) is 11.5 Å². The third-order valence-electron chi connectivity index (χ3n) is 7.55. The summed E-state index contributed by atoms with van der Waals surface area (Å²) < 4.78 is 6.11. The van der Waals surface area contributed by atoms with Gasteiger partial charge in [0.05, 0.1) is 11.0 Å². The van der Waals surface area contributed by atoms with Gasteiger partial charge in [-0.3, -0.25) is 9.69 Å². The number of likely N-dealkylation sites (N-methyl/N-ethyl adjacent to an activating group) is 1. The molecule has 0 saturated heterocycles. The van der Waals surface area contributed by atoms with Gasteiger partial charge < -0.3 is 14.9 Å². The number of hydrogen-bond donors (Lipinski definition) is 2. The lowest BCUT2D eigenvalue weighted by Gasteiger charge is -2.58. The summed E-state index contributed by atoms with van der Waals surface area (Å²) in [5, 5.41) is 22.7. The average molecular weight is 371 g/mol. The zero-order valence-electron chi connectivity index (χ0n) is 16.2. The van der Waals surface area contributed by atoms with Crippen LogP contribution in [0.2, 0.25) is 0 Å². The summed E-state index contributed by atoms with van der Waals surface area (Å²) in [5.41, 5.74) is 0.255. The number of nitrogens with zero attached hydrogens (tertiary/aromatic N) is 1. The van der Waals surface area contributed by atoms with E-state index in [1.807, 2.05) is 6.07 Å². The summed E-state index contributed by atoms with van der Waals surface area (Å²) in [4.78, 5) is 15.2. The largest absolute Gasteiger partial charge is 0.504 e. The number of rotatable bonds is 5.